The van der Waals surface area contributed by atoms with Gasteiger partial charge in [0.1, 0.15) is 6.10 Å². The first-order chi connectivity index (χ1) is 9.06. The van der Waals surface area contributed by atoms with Gasteiger partial charge >= 0.3 is 5.97 Å². The molecule has 1 saturated heterocycles. The number of carboxylic acid groups (broad SMARTS) is 1. The fourth-order valence-corrected chi connectivity index (χ4v) is 2.13. The molecule has 19 heavy (non-hydrogen) atoms. The van der Waals surface area contributed by atoms with Crippen molar-refractivity contribution in [2.45, 2.75) is 38.4 Å². The molecule has 1 N–H and O–H groups in total. The SMILES string of the molecule is C[C@@H](OCC1CC1)C(=O)N1CCO[C@H](CC(=O)O)C1. The molecule has 6 heteroatoms. The van der Waals surface area contributed by atoms with Gasteiger partial charge in [-0.2, -0.15) is 0 Å². The average Bonchev–Trinajstić information content (AvgIpc) is 3.18. The van der Waals surface area contributed by atoms with Gasteiger partial charge in [0.05, 0.1) is 25.7 Å². The van der Waals surface area contributed by atoms with Crippen molar-refractivity contribution >= 4 is 11.9 Å². The molecule has 2 rings (SSSR count). The molecule has 1 heterocycles. The van der Waals surface area contributed by atoms with Crippen molar-refractivity contribution < 1.29 is 24.2 Å². The number of morpholine rings is 1. The van der Waals surface area contributed by atoms with E-state index in [-0.39, 0.29) is 12.3 Å². The lowest BCUT2D eigenvalue weighted by Gasteiger charge is -2.33. The topological polar surface area (TPSA) is 76.1 Å². The minimum absolute atomic E-state index is 0.0684. The number of rotatable bonds is 6. The summed E-state index contributed by atoms with van der Waals surface area (Å²) in [6.07, 6.45) is 1.45. The molecule has 1 aliphatic heterocycles. The summed E-state index contributed by atoms with van der Waals surface area (Å²) in [6, 6.07) is 0. The summed E-state index contributed by atoms with van der Waals surface area (Å²) in [5.41, 5.74) is 0. The van der Waals surface area contributed by atoms with Gasteiger partial charge in [-0.15, -0.1) is 0 Å². The smallest absolute Gasteiger partial charge is 0.306 e. The number of nitrogens with zero attached hydrogens (tertiary/aromatic N) is 1. The van der Waals surface area contributed by atoms with Crippen LogP contribution in [0.4, 0.5) is 0 Å². The Bertz CT molecular complexity index is 342. The highest BCUT2D eigenvalue weighted by Crippen LogP contribution is 2.29. The molecule has 0 spiro atoms. The predicted molar refractivity (Wildman–Crippen MR) is 66.7 cm³/mol. The van der Waals surface area contributed by atoms with E-state index in [1.54, 1.807) is 11.8 Å². The standard InChI is InChI=1S/C13H21NO5/c1-9(19-8-10-2-3-10)13(17)14-4-5-18-11(7-14)6-12(15)16/h9-11H,2-8H2,1H3,(H,15,16)/t9-,11-/m1/s1. The lowest BCUT2D eigenvalue weighted by molar-refractivity contribution is -0.154. The number of hydrogen-bond donors (Lipinski definition) is 1. The van der Waals surface area contributed by atoms with E-state index in [0.29, 0.717) is 32.2 Å². The molecular weight excluding hydrogens is 250 g/mol. The second kappa shape index (κ2) is 6.34. The van der Waals surface area contributed by atoms with Crippen molar-refractivity contribution in [3.63, 3.8) is 0 Å². The van der Waals surface area contributed by atoms with Crippen LogP contribution < -0.4 is 0 Å². The van der Waals surface area contributed by atoms with Gasteiger partial charge in [0.25, 0.3) is 5.91 Å². The number of carbonyl (C=O) groups excluding carboxylic acids is 1. The van der Waals surface area contributed by atoms with E-state index in [0.717, 1.165) is 0 Å². The highest BCUT2D eigenvalue weighted by atomic mass is 16.5. The van der Waals surface area contributed by atoms with E-state index in [1.165, 1.54) is 12.8 Å². The van der Waals surface area contributed by atoms with Crippen LogP contribution in [0.5, 0.6) is 0 Å². The Morgan fingerprint density at radius 1 is 1.47 bits per heavy atom. The van der Waals surface area contributed by atoms with Crippen LogP contribution in [0.15, 0.2) is 0 Å². The van der Waals surface area contributed by atoms with Gasteiger partial charge in [-0.05, 0) is 25.7 Å². The predicted octanol–water partition coefficient (Wildman–Crippen LogP) is 0.504. The van der Waals surface area contributed by atoms with Crippen LogP contribution in [-0.4, -0.2) is 60.4 Å². The Labute approximate surface area is 112 Å². The molecule has 0 aromatic carbocycles. The van der Waals surface area contributed by atoms with E-state index >= 15 is 0 Å². The number of carboxylic acids is 1. The molecule has 2 aliphatic rings. The number of carbonyl (C=O) groups is 2. The van der Waals surface area contributed by atoms with Gasteiger partial charge in [0.2, 0.25) is 0 Å². The maximum Gasteiger partial charge on any atom is 0.306 e. The zero-order chi connectivity index (χ0) is 13.8. The first-order valence-electron chi connectivity index (χ1n) is 6.80. The van der Waals surface area contributed by atoms with Gasteiger partial charge in [-0.3, -0.25) is 9.59 Å². The lowest BCUT2D eigenvalue weighted by Crippen LogP contribution is -2.49. The van der Waals surface area contributed by atoms with Crippen molar-refractivity contribution in [3.8, 4) is 0 Å². The van der Waals surface area contributed by atoms with Gasteiger partial charge in [-0.25, -0.2) is 0 Å². The molecule has 0 unspecified atom stereocenters. The number of ether oxygens (including phenoxy) is 2. The minimum atomic E-state index is -0.905. The molecule has 108 valence electrons. The Morgan fingerprint density at radius 2 is 2.21 bits per heavy atom. The molecule has 1 amide bonds. The zero-order valence-corrected chi connectivity index (χ0v) is 11.2. The highest BCUT2D eigenvalue weighted by molar-refractivity contribution is 5.80. The average molecular weight is 271 g/mol. The molecule has 0 aromatic heterocycles. The molecule has 2 atom stereocenters. The van der Waals surface area contributed by atoms with E-state index < -0.39 is 18.2 Å². The summed E-state index contributed by atoms with van der Waals surface area (Å²) in [6.45, 7) is 3.63. The van der Waals surface area contributed by atoms with Crippen LogP contribution in [0.25, 0.3) is 0 Å². The molecule has 0 aromatic rings. The fraction of sp³-hybridized carbons (Fsp3) is 0.846. The van der Waals surface area contributed by atoms with Crippen molar-refractivity contribution in [3.05, 3.63) is 0 Å². The summed E-state index contributed by atoms with van der Waals surface area (Å²) >= 11 is 0. The Balaban J connectivity index is 1.77. The van der Waals surface area contributed by atoms with E-state index in [4.69, 9.17) is 14.6 Å². The third-order valence-electron chi connectivity index (χ3n) is 3.48. The van der Waals surface area contributed by atoms with Crippen molar-refractivity contribution in [1.82, 2.24) is 4.90 Å². The van der Waals surface area contributed by atoms with Crippen molar-refractivity contribution in [2.75, 3.05) is 26.3 Å². The van der Waals surface area contributed by atoms with Crippen LogP contribution >= 0.6 is 0 Å². The maximum atomic E-state index is 12.2. The van der Waals surface area contributed by atoms with Gasteiger partial charge in [-0.1, -0.05) is 0 Å². The number of amides is 1. The lowest BCUT2D eigenvalue weighted by atomic mass is 10.2. The zero-order valence-electron chi connectivity index (χ0n) is 11.2. The number of hydrogen-bond acceptors (Lipinski definition) is 4. The van der Waals surface area contributed by atoms with Crippen molar-refractivity contribution in [1.29, 1.82) is 0 Å². The molecule has 1 aliphatic carbocycles. The van der Waals surface area contributed by atoms with Crippen LogP contribution in [0, 0.1) is 5.92 Å². The fourth-order valence-electron chi connectivity index (χ4n) is 2.13. The Kier molecular flexibility index (Phi) is 4.76. The highest BCUT2D eigenvalue weighted by Gasteiger charge is 2.30. The Hall–Kier alpha value is -1.14. The first kappa shape index (κ1) is 14.3. The van der Waals surface area contributed by atoms with E-state index in [9.17, 15) is 9.59 Å². The minimum Gasteiger partial charge on any atom is -0.481 e. The third-order valence-corrected chi connectivity index (χ3v) is 3.48. The summed E-state index contributed by atoms with van der Waals surface area (Å²) < 4.78 is 10.9. The molecule has 0 bridgehead atoms. The van der Waals surface area contributed by atoms with E-state index in [2.05, 4.69) is 0 Å². The molecule has 1 saturated carbocycles. The van der Waals surface area contributed by atoms with Crippen LogP contribution in [0.2, 0.25) is 0 Å². The second-order valence-electron chi connectivity index (χ2n) is 5.29. The molecule has 6 nitrogen and oxygen atoms in total. The van der Waals surface area contributed by atoms with Gasteiger partial charge in [0.15, 0.2) is 0 Å². The summed E-state index contributed by atoms with van der Waals surface area (Å²) in [5, 5.41) is 8.74. The summed E-state index contributed by atoms with van der Waals surface area (Å²) in [5.74, 6) is -0.351. The quantitative estimate of drug-likeness (QED) is 0.761. The monoisotopic (exact) mass is 271 g/mol. The second-order valence-corrected chi connectivity index (χ2v) is 5.29. The molecule has 2 fully saturated rings. The number of aliphatic carboxylic acids is 1. The van der Waals surface area contributed by atoms with Crippen LogP contribution in [0.3, 0.4) is 0 Å². The molecule has 0 radical (unpaired) electrons. The maximum absolute atomic E-state index is 12.2. The summed E-state index contributed by atoms with van der Waals surface area (Å²) in [7, 11) is 0. The largest absolute Gasteiger partial charge is 0.481 e. The van der Waals surface area contributed by atoms with E-state index in [1.807, 2.05) is 0 Å². The van der Waals surface area contributed by atoms with Gasteiger partial charge in [0, 0.05) is 13.1 Å². The van der Waals surface area contributed by atoms with Crippen molar-refractivity contribution in [2.24, 2.45) is 5.92 Å². The first-order valence-corrected chi connectivity index (χ1v) is 6.80. The van der Waals surface area contributed by atoms with Crippen LogP contribution in [-0.2, 0) is 19.1 Å². The summed E-state index contributed by atoms with van der Waals surface area (Å²) in [4.78, 5) is 24.5. The Morgan fingerprint density at radius 3 is 2.84 bits per heavy atom. The third kappa shape index (κ3) is 4.47. The normalized spacial score (nSPS) is 25.1. The van der Waals surface area contributed by atoms with Crippen LogP contribution in [0.1, 0.15) is 26.2 Å². The molecular formula is C13H21NO5. The van der Waals surface area contributed by atoms with Gasteiger partial charge < -0.3 is 19.5 Å².